The average molecular weight is 190 g/mol. The van der Waals surface area contributed by atoms with Gasteiger partial charge in [-0.25, -0.2) is 0 Å². The molecule has 0 N–H and O–H groups in total. The van der Waals surface area contributed by atoms with E-state index >= 15 is 0 Å². The summed E-state index contributed by atoms with van der Waals surface area (Å²) in [7, 11) is -2.27. The lowest BCUT2D eigenvalue weighted by molar-refractivity contribution is 0.108. The first-order valence-corrected chi connectivity index (χ1v) is 7.24. The first-order chi connectivity index (χ1) is 5.49. The van der Waals surface area contributed by atoms with Gasteiger partial charge in [0, 0.05) is 13.3 Å². The number of hydrogen-bond donors (Lipinski definition) is 0. The Hall–Kier alpha value is 0.190. The Kier molecular flexibility index (Phi) is 3.37. The lowest BCUT2D eigenvalue weighted by atomic mass is 9.88. The Morgan fingerprint density at radius 3 is 2.33 bits per heavy atom. The summed E-state index contributed by atoms with van der Waals surface area (Å²) < 4.78 is 17.0. The summed E-state index contributed by atoms with van der Waals surface area (Å²) in [6.45, 7) is 5.60. The normalized spacial score (nSPS) is 31.9. The van der Waals surface area contributed by atoms with Crippen LogP contribution < -0.4 is 0 Å². The first kappa shape index (κ1) is 10.3. The molecule has 2 nitrogen and oxygen atoms in total. The minimum absolute atomic E-state index is 0.250. The number of hydrogen-bond acceptors (Lipinski definition) is 2. The Bertz CT molecular complexity index is 185. The van der Waals surface area contributed by atoms with Crippen LogP contribution in [0.4, 0.5) is 0 Å². The summed E-state index contributed by atoms with van der Waals surface area (Å²) in [5, 5.41) is 0. The minimum atomic E-state index is -2.27. The number of rotatable bonds is 2. The van der Waals surface area contributed by atoms with Gasteiger partial charge in [-0.3, -0.25) is 4.57 Å². The van der Waals surface area contributed by atoms with Crippen LogP contribution in [0.5, 0.6) is 0 Å². The van der Waals surface area contributed by atoms with E-state index < -0.39 is 7.37 Å². The van der Waals surface area contributed by atoms with E-state index in [0.717, 1.165) is 6.42 Å². The Balaban J connectivity index is 2.44. The molecule has 0 aromatic carbocycles. The van der Waals surface area contributed by atoms with E-state index in [2.05, 4.69) is 6.92 Å². The summed E-state index contributed by atoms with van der Waals surface area (Å²) in [5.41, 5.74) is 0. The molecule has 1 aliphatic rings. The SMILES string of the molecule is CC1CCCCC1OP(C)(C)=O. The lowest BCUT2D eigenvalue weighted by Gasteiger charge is -2.29. The highest BCUT2D eigenvalue weighted by molar-refractivity contribution is 7.57. The minimum Gasteiger partial charge on any atom is -0.325 e. The van der Waals surface area contributed by atoms with Crippen molar-refractivity contribution in [2.24, 2.45) is 5.92 Å². The molecule has 1 fully saturated rings. The fourth-order valence-corrected chi connectivity index (χ4v) is 2.73. The van der Waals surface area contributed by atoms with E-state index in [4.69, 9.17) is 4.52 Å². The summed E-state index contributed by atoms with van der Waals surface area (Å²) in [6, 6.07) is 0. The molecule has 0 amide bonds. The summed E-state index contributed by atoms with van der Waals surface area (Å²) in [4.78, 5) is 0. The summed E-state index contributed by atoms with van der Waals surface area (Å²) >= 11 is 0. The molecule has 1 aliphatic carbocycles. The van der Waals surface area contributed by atoms with Gasteiger partial charge >= 0.3 is 0 Å². The van der Waals surface area contributed by atoms with E-state index in [1.54, 1.807) is 13.3 Å². The molecule has 3 heteroatoms. The topological polar surface area (TPSA) is 26.3 Å². The van der Waals surface area contributed by atoms with Crippen LogP contribution in [-0.2, 0) is 9.09 Å². The lowest BCUT2D eigenvalue weighted by Crippen LogP contribution is -2.24. The van der Waals surface area contributed by atoms with Gasteiger partial charge in [-0.05, 0) is 18.8 Å². The Labute approximate surface area is 75.1 Å². The first-order valence-electron chi connectivity index (χ1n) is 4.72. The van der Waals surface area contributed by atoms with Crippen molar-refractivity contribution in [3.63, 3.8) is 0 Å². The predicted octanol–water partition coefficient (Wildman–Crippen LogP) is 3.12. The molecule has 72 valence electrons. The second-order valence-electron chi connectivity index (χ2n) is 4.16. The highest BCUT2D eigenvalue weighted by atomic mass is 31.2. The quantitative estimate of drug-likeness (QED) is 0.625. The van der Waals surface area contributed by atoms with Crippen LogP contribution in [0.3, 0.4) is 0 Å². The van der Waals surface area contributed by atoms with Gasteiger partial charge in [0.05, 0.1) is 6.10 Å². The fourth-order valence-electron chi connectivity index (χ4n) is 1.76. The zero-order valence-corrected chi connectivity index (χ0v) is 9.14. The third kappa shape index (κ3) is 3.28. The van der Waals surface area contributed by atoms with Crippen molar-refractivity contribution in [2.45, 2.75) is 38.7 Å². The van der Waals surface area contributed by atoms with Gasteiger partial charge in [0.25, 0.3) is 0 Å². The van der Waals surface area contributed by atoms with Crippen molar-refractivity contribution in [2.75, 3.05) is 13.3 Å². The van der Waals surface area contributed by atoms with Crippen molar-refractivity contribution >= 4 is 7.37 Å². The van der Waals surface area contributed by atoms with E-state index in [1.807, 2.05) is 0 Å². The van der Waals surface area contributed by atoms with Crippen LogP contribution >= 0.6 is 7.37 Å². The molecule has 1 saturated carbocycles. The second-order valence-corrected chi connectivity index (χ2v) is 6.87. The molecule has 0 heterocycles. The Morgan fingerprint density at radius 1 is 1.25 bits per heavy atom. The molecule has 2 atom stereocenters. The molecular formula is C9H19O2P. The van der Waals surface area contributed by atoms with Crippen molar-refractivity contribution in [1.82, 2.24) is 0 Å². The maximum atomic E-state index is 11.4. The standard InChI is InChI=1S/C9H19O2P/c1-8-6-4-5-7-9(8)11-12(2,3)10/h8-9H,4-7H2,1-3H3. The van der Waals surface area contributed by atoms with Crippen LogP contribution in [0.2, 0.25) is 0 Å². The van der Waals surface area contributed by atoms with Gasteiger partial charge < -0.3 is 4.52 Å². The predicted molar refractivity (Wildman–Crippen MR) is 52.0 cm³/mol. The maximum absolute atomic E-state index is 11.4. The third-order valence-electron chi connectivity index (χ3n) is 2.42. The van der Waals surface area contributed by atoms with Gasteiger partial charge in [-0.15, -0.1) is 0 Å². The summed E-state index contributed by atoms with van der Waals surface area (Å²) in [5.74, 6) is 0.590. The molecular weight excluding hydrogens is 171 g/mol. The highest BCUT2D eigenvalue weighted by Crippen LogP contribution is 2.43. The second kappa shape index (κ2) is 3.93. The van der Waals surface area contributed by atoms with Crippen LogP contribution in [0.25, 0.3) is 0 Å². The molecule has 1 rings (SSSR count). The largest absolute Gasteiger partial charge is 0.325 e. The van der Waals surface area contributed by atoms with E-state index in [-0.39, 0.29) is 6.10 Å². The van der Waals surface area contributed by atoms with Crippen molar-refractivity contribution in [1.29, 1.82) is 0 Å². The zero-order chi connectivity index (χ0) is 9.19. The van der Waals surface area contributed by atoms with E-state index in [1.165, 1.54) is 19.3 Å². The average Bonchev–Trinajstić information content (AvgIpc) is 1.91. The molecule has 0 spiro atoms. The maximum Gasteiger partial charge on any atom is 0.197 e. The van der Waals surface area contributed by atoms with Crippen LogP contribution in [0, 0.1) is 5.92 Å². The zero-order valence-electron chi connectivity index (χ0n) is 8.25. The highest BCUT2D eigenvalue weighted by Gasteiger charge is 2.25. The molecule has 0 bridgehead atoms. The van der Waals surface area contributed by atoms with E-state index in [0.29, 0.717) is 5.92 Å². The van der Waals surface area contributed by atoms with Crippen LogP contribution in [-0.4, -0.2) is 19.4 Å². The Morgan fingerprint density at radius 2 is 1.83 bits per heavy atom. The molecule has 2 unspecified atom stereocenters. The monoisotopic (exact) mass is 190 g/mol. The molecule has 0 aliphatic heterocycles. The van der Waals surface area contributed by atoms with Gasteiger partial charge in [0.2, 0.25) is 0 Å². The van der Waals surface area contributed by atoms with Gasteiger partial charge in [-0.1, -0.05) is 19.8 Å². The summed E-state index contributed by atoms with van der Waals surface area (Å²) in [6.07, 6.45) is 5.10. The third-order valence-corrected chi connectivity index (χ3v) is 3.20. The molecule has 0 aromatic heterocycles. The van der Waals surface area contributed by atoms with Gasteiger partial charge in [0.1, 0.15) is 0 Å². The van der Waals surface area contributed by atoms with E-state index in [9.17, 15) is 4.57 Å². The molecule has 0 radical (unpaired) electrons. The van der Waals surface area contributed by atoms with Crippen molar-refractivity contribution in [3.8, 4) is 0 Å². The molecule has 12 heavy (non-hydrogen) atoms. The van der Waals surface area contributed by atoms with Crippen LogP contribution in [0.1, 0.15) is 32.6 Å². The molecule has 0 saturated heterocycles. The van der Waals surface area contributed by atoms with Crippen molar-refractivity contribution < 1.29 is 9.09 Å². The van der Waals surface area contributed by atoms with Gasteiger partial charge in [-0.2, -0.15) is 0 Å². The van der Waals surface area contributed by atoms with Crippen LogP contribution in [0.15, 0.2) is 0 Å². The smallest absolute Gasteiger partial charge is 0.197 e. The molecule has 0 aromatic rings. The van der Waals surface area contributed by atoms with Crippen molar-refractivity contribution in [3.05, 3.63) is 0 Å². The van der Waals surface area contributed by atoms with Gasteiger partial charge in [0.15, 0.2) is 7.37 Å². The fraction of sp³-hybridized carbons (Fsp3) is 1.00.